The SMILES string of the molecule is CC1(C(=O)NCC2(C(=O)O)CCCCCC2)CCNCC1. The number of carbonyl (C=O) groups excluding carboxylic acids is 1. The van der Waals surface area contributed by atoms with Crippen molar-refractivity contribution in [2.45, 2.75) is 58.3 Å². The first-order valence-electron chi connectivity index (χ1n) is 8.21. The van der Waals surface area contributed by atoms with Crippen molar-refractivity contribution in [3.63, 3.8) is 0 Å². The maximum absolute atomic E-state index is 12.5. The van der Waals surface area contributed by atoms with Crippen LogP contribution in [0.4, 0.5) is 0 Å². The summed E-state index contributed by atoms with van der Waals surface area (Å²) in [4.78, 5) is 24.2. The van der Waals surface area contributed by atoms with Crippen LogP contribution in [0.3, 0.4) is 0 Å². The number of amides is 1. The average Bonchev–Trinajstić information content (AvgIpc) is 2.72. The van der Waals surface area contributed by atoms with E-state index in [1.165, 1.54) is 0 Å². The van der Waals surface area contributed by atoms with Crippen LogP contribution in [-0.4, -0.2) is 36.6 Å². The summed E-state index contributed by atoms with van der Waals surface area (Å²) in [6.45, 7) is 3.98. The van der Waals surface area contributed by atoms with Crippen molar-refractivity contribution in [1.82, 2.24) is 10.6 Å². The third-order valence-corrected chi connectivity index (χ3v) is 5.36. The number of carboxylic acids is 1. The Bertz CT molecular complexity index is 381. The summed E-state index contributed by atoms with van der Waals surface area (Å²) < 4.78 is 0. The Kier molecular flexibility index (Phi) is 5.25. The van der Waals surface area contributed by atoms with Crippen LogP contribution >= 0.6 is 0 Å². The third-order valence-electron chi connectivity index (χ3n) is 5.36. The Morgan fingerprint density at radius 1 is 1.05 bits per heavy atom. The minimum absolute atomic E-state index is 0.0221. The molecule has 0 aromatic carbocycles. The van der Waals surface area contributed by atoms with Gasteiger partial charge in [-0.15, -0.1) is 0 Å². The molecule has 1 aliphatic carbocycles. The van der Waals surface area contributed by atoms with Gasteiger partial charge < -0.3 is 15.7 Å². The van der Waals surface area contributed by atoms with E-state index in [2.05, 4.69) is 10.6 Å². The monoisotopic (exact) mass is 296 g/mol. The molecule has 1 saturated carbocycles. The summed E-state index contributed by atoms with van der Waals surface area (Å²) in [5, 5.41) is 15.9. The van der Waals surface area contributed by atoms with Crippen molar-refractivity contribution in [3.05, 3.63) is 0 Å². The summed E-state index contributed by atoms with van der Waals surface area (Å²) in [5.41, 5.74) is -1.11. The van der Waals surface area contributed by atoms with Crippen molar-refractivity contribution in [2.75, 3.05) is 19.6 Å². The first-order chi connectivity index (χ1) is 9.99. The highest BCUT2D eigenvalue weighted by Gasteiger charge is 2.41. The molecule has 5 heteroatoms. The van der Waals surface area contributed by atoms with E-state index in [0.29, 0.717) is 12.8 Å². The number of aliphatic carboxylic acids is 1. The fourth-order valence-corrected chi connectivity index (χ4v) is 3.54. The number of nitrogens with one attached hydrogen (secondary N) is 2. The van der Waals surface area contributed by atoms with Crippen molar-refractivity contribution in [2.24, 2.45) is 10.8 Å². The Balaban J connectivity index is 1.98. The zero-order chi connectivity index (χ0) is 15.3. The number of hydrogen-bond donors (Lipinski definition) is 3. The van der Waals surface area contributed by atoms with Gasteiger partial charge in [-0.2, -0.15) is 0 Å². The highest BCUT2D eigenvalue weighted by Crippen LogP contribution is 2.35. The van der Waals surface area contributed by atoms with Gasteiger partial charge >= 0.3 is 5.97 Å². The van der Waals surface area contributed by atoms with Crippen molar-refractivity contribution >= 4 is 11.9 Å². The van der Waals surface area contributed by atoms with Gasteiger partial charge in [-0.3, -0.25) is 9.59 Å². The molecule has 1 amide bonds. The Labute approximate surface area is 126 Å². The zero-order valence-electron chi connectivity index (χ0n) is 13.0. The van der Waals surface area contributed by atoms with E-state index in [1.807, 2.05) is 6.92 Å². The second-order valence-corrected chi connectivity index (χ2v) is 6.99. The van der Waals surface area contributed by atoms with E-state index in [0.717, 1.165) is 51.6 Å². The van der Waals surface area contributed by atoms with Crippen LogP contribution in [0.1, 0.15) is 58.3 Å². The van der Waals surface area contributed by atoms with Gasteiger partial charge in [-0.1, -0.05) is 32.6 Å². The maximum atomic E-state index is 12.5. The van der Waals surface area contributed by atoms with Crippen LogP contribution < -0.4 is 10.6 Å². The fourth-order valence-electron chi connectivity index (χ4n) is 3.54. The molecule has 2 aliphatic rings. The van der Waals surface area contributed by atoms with E-state index in [-0.39, 0.29) is 17.9 Å². The Morgan fingerprint density at radius 3 is 2.14 bits per heavy atom. The smallest absolute Gasteiger partial charge is 0.311 e. The van der Waals surface area contributed by atoms with Crippen LogP contribution in [0, 0.1) is 10.8 Å². The Morgan fingerprint density at radius 2 is 1.62 bits per heavy atom. The van der Waals surface area contributed by atoms with Gasteiger partial charge in [-0.05, 0) is 38.8 Å². The number of piperidine rings is 1. The van der Waals surface area contributed by atoms with E-state index < -0.39 is 11.4 Å². The van der Waals surface area contributed by atoms with Crippen molar-refractivity contribution in [3.8, 4) is 0 Å². The van der Waals surface area contributed by atoms with Crippen LogP contribution in [0.5, 0.6) is 0 Å². The lowest BCUT2D eigenvalue weighted by molar-refractivity contribution is -0.150. The summed E-state index contributed by atoms with van der Waals surface area (Å²) in [7, 11) is 0. The molecule has 2 fully saturated rings. The fraction of sp³-hybridized carbons (Fsp3) is 0.875. The van der Waals surface area contributed by atoms with Crippen LogP contribution in [-0.2, 0) is 9.59 Å². The highest BCUT2D eigenvalue weighted by molar-refractivity contribution is 5.83. The average molecular weight is 296 g/mol. The summed E-state index contributed by atoms with van der Waals surface area (Å²) in [5.74, 6) is -0.728. The summed E-state index contributed by atoms with van der Waals surface area (Å²) in [6.07, 6.45) is 7.10. The van der Waals surface area contributed by atoms with Gasteiger partial charge in [0.25, 0.3) is 0 Å². The lowest BCUT2D eigenvalue weighted by Gasteiger charge is -2.35. The first-order valence-corrected chi connectivity index (χ1v) is 8.21. The van der Waals surface area contributed by atoms with E-state index in [4.69, 9.17) is 0 Å². The van der Waals surface area contributed by atoms with Crippen LogP contribution in [0.25, 0.3) is 0 Å². The Hall–Kier alpha value is -1.10. The van der Waals surface area contributed by atoms with Crippen molar-refractivity contribution in [1.29, 1.82) is 0 Å². The summed E-state index contributed by atoms with van der Waals surface area (Å²) >= 11 is 0. The van der Waals surface area contributed by atoms with Gasteiger partial charge in [0.05, 0.1) is 5.41 Å². The topological polar surface area (TPSA) is 78.4 Å². The van der Waals surface area contributed by atoms with Gasteiger partial charge in [-0.25, -0.2) is 0 Å². The molecule has 120 valence electrons. The largest absolute Gasteiger partial charge is 0.481 e. The second kappa shape index (κ2) is 6.77. The molecule has 0 radical (unpaired) electrons. The number of hydrogen-bond acceptors (Lipinski definition) is 3. The predicted octanol–water partition coefficient (Wildman–Crippen LogP) is 1.92. The molecular formula is C16H28N2O3. The summed E-state index contributed by atoms with van der Waals surface area (Å²) in [6, 6.07) is 0. The molecule has 0 bridgehead atoms. The second-order valence-electron chi connectivity index (χ2n) is 6.99. The van der Waals surface area contributed by atoms with Gasteiger partial charge in [0.15, 0.2) is 0 Å². The van der Waals surface area contributed by atoms with E-state index in [9.17, 15) is 14.7 Å². The molecule has 3 N–H and O–H groups in total. The predicted molar refractivity (Wildman–Crippen MR) is 81.0 cm³/mol. The number of carboxylic acid groups (broad SMARTS) is 1. The lowest BCUT2D eigenvalue weighted by atomic mass is 9.78. The number of carbonyl (C=O) groups is 2. The standard InChI is InChI=1S/C16H28N2O3/c1-15(8-10-17-11-9-15)13(19)18-12-16(14(20)21)6-4-2-3-5-7-16/h17H,2-12H2,1H3,(H,18,19)(H,20,21). The quantitative estimate of drug-likeness (QED) is 0.693. The molecule has 0 spiro atoms. The zero-order valence-corrected chi connectivity index (χ0v) is 13.0. The molecule has 0 unspecified atom stereocenters. The molecule has 2 rings (SSSR count). The molecule has 21 heavy (non-hydrogen) atoms. The van der Waals surface area contributed by atoms with Crippen LogP contribution in [0.2, 0.25) is 0 Å². The van der Waals surface area contributed by atoms with Crippen molar-refractivity contribution < 1.29 is 14.7 Å². The van der Waals surface area contributed by atoms with E-state index >= 15 is 0 Å². The molecule has 0 atom stereocenters. The van der Waals surface area contributed by atoms with Gasteiger partial charge in [0, 0.05) is 12.0 Å². The van der Waals surface area contributed by atoms with E-state index in [1.54, 1.807) is 0 Å². The normalized spacial score (nSPS) is 24.8. The molecule has 1 heterocycles. The molecule has 5 nitrogen and oxygen atoms in total. The molecule has 0 aromatic rings. The van der Waals surface area contributed by atoms with Gasteiger partial charge in [0.1, 0.15) is 0 Å². The molecule has 0 aromatic heterocycles. The van der Waals surface area contributed by atoms with Crippen LogP contribution in [0.15, 0.2) is 0 Å². The first kappa shape index (κ1) is 16.3. The minimum Gasteiger partial charge on any atom is -0.481 e. The van der Waals surface area contributed by atoms with Gasteiger partial charge in [0.2, 0.25) is 5.91 Å². The third kappa shape index (κ3) is 3.76. The lowest BCUT2D eigenvalue weighted by Crippen LogP contribution is -2.50. The molecular weight excluding hydrogens is 268 g/mol. The minimum atomic E-state index is -0.755. The highest BCUT2D eigenvalue weighted by atomic mass is 16.4. The maximum Gasteiger partial charge on any atom is 0.311 e. The molecule has 1 saturated heterocycles. The molecule has 1 aliphatic heterocycles. The number of rotatable bonds is 4.